The third kappa shape index (κ3) is 9.32. The van der Waals surface area contributed by atoms with E-state index in [4.69, 9.17) is 14.5 Å². The summed E-state index contributed by atoms with van der Waals surface area (Å²) in [5.41, 5.74) is 1.42. The second-order valence-corrected chi connectivity index (χ2v) is 8.98. The molecule has 2 heterocycles. The molecule has 2 saturated heterocycles. The third-order valence-electron chi connectivity index (χ3n) is 6.45. The summed E-state index contributed by atoms with van der Waals surface area (Å²) in [5.74, 6) is 1.64. The van der Waals surface area contributed by atoms with Crippen LogP contribution in [0.1, 0.15) is 31.4 Å². The molecule has 1 N–H and O–H groups in total. The molecule has 0 bridgehead atoms. The first kappa shape index (κ1) is 28.3. The van der Waals surface area contributed by atoms with E-state index in [0.717, 1.165) is 77.8 Å². The highest BCUT2D eigenvalue weighted by Crippen LogP contribution is 2.24. The van der Waals surface area contributed by atoms with Crippen LogP contribution in [-0.4, -0.2) is 107 Å². The van der Waals surface area contributed by atoms with Gasteiger partial charge in [0.2, 0.25) is 0 Å². The van der Waals surface area contributed by atoms with Crippen LogP contribution in [0.15, 0.2) is 35.3 Å². The smallest absolute Gasteiger partial charge is 0.193 e. The van der Waals surface area contributed by atoms with E-state index >= 15 is 0 Å². The minimum atomic E-state index is 0. The number of methoxy groups -OCH3 is 1. The van der Waals surface area contributed by atoms with Gasteiger partial charge in [-0.05, 0) is 32.4 Å². The Labute approximate surface area is 217 Å². The van der Waals surface area contributed by atoms with E-state index in [0.29, 0.717) is 25.2 Å². The molecule has 2 aliphatic heterocycles. The standard InChI is InChI=1S/C25H43N5O2.HI/c1-4-26-25(30-14-11-22(19-30)21-32-18-17-31-3)27-12-8-13-29-16-15-28(2)20-24(29)23-9-6-5-7-10-23;/h5-7,9-10,22,24H,4,8,11-21H2,1-3H3,(H,26,27);1H. The quantitative estimate of drug-likeness (QED) is 0.190. The monoisotopic (exact) mass is 573 g/mol. The van der Waals surface area contributed by atoms with Gasteiger partial charge in [-0.15, -0.1) is 24.0 Å². The van der Waals surface area contributed by atoms with Crippen molar-refractivity contribution >= 4 is 29.9 Å². The zero-order valence-electron chi connectivity index (χ0n) is 20.7. The molecule has 2 atom stereocenters. The van der Waals surface area contributed by atoms with E-state index in [9.17, 15) is 0 Å². The molecular weight excluding hydrogens is 529 g/mol. The molecule has 1 aromatic rings. The Balaban J connectivity index is 0.00000385. The normalized spacial score (nSPS) is 22.4. The van der Waals surface area contributed by atoms with Gasteiger partial charge in [0.05, 0.1) is 19.8 Å². The van der Waals surface area contributed by atoms with Crippen molar-refractivity contribution in [1.82, 2.24) is 20.0 Å². The minimum Gasteiger partial charge on any atom is -0.382 e. The topological polar surface area (TPSA) is 52.6 Å². The number of hydrogen-bond donors (Lipinski definition) is 1. The summed E-state index contributed by atoms with van der Waals surface area (Å²) in [5, 5.41) is 3.50. The molecule has 188 valence electrons. The number of guanidine groups is 1. The zero-order chi connectivity index (χ0) is 22.6. The molecule has 0 saturated carbocycles. The molecule has 0 radical (unpaired) electrons. The van der Waals surface area contributed by atoms with E-state index in [-0.39, 0.29) is 24.0 Å². The van der Waals surface area contributed by atoms with E-state index in [1.165, 1.54) is 5.56 Å². The predicted octanol–water partition coefficient (Wildman–Crippen LogP) is 2.93. The average Bonchev–Trinajstić information content (AvgIpc) is 3.29. The highest BCUT2D eigenvalue weighted by Gasteiger charge is 2.27. The number of likely N-dealkylation sites (tertiary alicyclic amines) is 1. The molecule has 2 aliphatic rings. The summed E-state index contributed by atoms with van der Waals surface area (Å²) >= 11 is 0. The minimum absolute atomic E-state index is 0. The van der Waals surface area contributed by atoms with Crippen molar-refractivity contribution < 1.29 is 9.47 Å². The van der Waals surface area contributed by atoms with Gasteiger partial charge in [-0.3, -0.25) is 9.89 Å². The van der Waals surface area contributed by atoms with Gasteiger partial charge in [0.1, 0.15) is 0 Å². The summed E-state index contributed by atoms with van der Waals surface area (Å²) in [7, 11) is 3.94. The number of rotatable bonds is 11. The van der Waals surface area contributed by atoms with Crippen molar-refractivity contribution in [3.05, 3.63) is 35.9 Å². The van der Waals surface area contributed by atoms with Crippen molar-refractivity contribution in [1.29, 1.82) is 0 Å². The Hall–Kier alpha value is -0.940. The molecule has 0 amide bonds. The number of nitrogens with one attached hydrogen (secondary N) is 1. The molecule has 1 aromatic carbocycles. The fourth-order valence-electron chi connectivity index (χ4n) is 4.65. The molecular formula is C25H44IN5O2. The van der Waals surface area contributed by atoms with Gasteiger partial charge in [0.25, 0.3) is 0 Å². The Kier molecular flexibility index (Phi) is 13.6. The first-order chi connectivity index (χ1) is 15.7. The van der Waals surface area contributed by atoms with E-state index < -0.39 is 0 Å². The first-order valence-electron chi connectivity index (χ1n) is 12.3. The van der Waals surface area contributed by atoms with Crippen LogP contribution in [0.3, 0.4) is 0 Å². The summed E-state index contributed by atoms with van der Waals surface area (Å²) < 4.78 is 10.8. The molecule has 2 unspecified atom stereocenters. The Morgan fingerprint density at radius 3 is 2.70 bits per heavy atom. The third-order valence-corrected chi connectivity index (χ3v) is 6.45. The number of hydrogen-bond acceptors (Lipinski definition) is 5. The fraction of sp³-hybridized carbons (Fsp3) is 0.720. The van der Waals surface area contributed by atoms with E-state index in [1.807, 2.05) is 0 Å². The predicted molar refractivity (Wildman–Crippen MR) is 147 cm³/mol. The van der Waals surface area contributed by atoms with Gasteiger partial charge in [-0.2, -0.15) is 0 Å². The van der Waals surface area contributed by atoms with Crippen LogP contribution < -0.4 is 5.32 Å². The second-order valence-electron chi connectivity index (χ2n) is 8.98. The van der Waals surface area contributed by atoms with Crippen LogP contribution in [0.2, 0.25) is 0 Å². The van der Waals surface area contributed by atoms with E-state index in [1.54, 1.807) is 7.11 Å². The van der Waals surface area contributed by atoms with Gasteiger partial charge in [0, 0.05) is 71.4 Å². The van der Waals surface area contributed by atoms with Crippen molar-refractivity contribution in [3.8, 4) is 0 Å². The molecule has 7 nitrogen and oxygen atoms in total. The lowest BCUT2D eigenvalue weighted by Crippen LogP contribution is -2.47. The number of aliphatic imine (C=N–C) groups is 1. The van der Waals surface area contributed by atoms with Crippen LogP contribution in [0, 0.1) is 5.92 Å². The fourth-order valence-corrected chi connectivity index (χ4v) is 4.65. The number of piperazine rings is 1. The number of benzene rings is 1. The summed E-state index contributed by atoms with van der Waals surface area (Å²) in [6, 6.07) is 11.4. The van der Waals surface area contributed by atoms with E-state index in [2.05, 4.69) is 64.3 Å². The van der Waals surface area contributed by atoms with Crippen molar-refractivity contribution in [2.75, 3.05) is 86.3 Å². The van der Waals surface area contributed by atoms with Crippen LogP contribution in [-0.2, 0) is 9.47 Å². The SMILES string of the molecule is CCNC(=NCCCN1CCN(C)CC1c1ccccc1)N1CCC(COCCOC)C1.I. The van der Waals surface area contributed by atoms with Crippen LogP contribution in [0.4, 0.5) is 0 Å². The molecule has 8 heteroatoms. The maximum Gasteiger partial charge on any atom is 0.193 e. The molecule has 0 aliphatic carbocycles. The average molecular weight is 574 g/mol. The molecule has 0 aromatic heterocycles. The summed E-state index contributed by atoms with van der Waals surface area (Å²) in [6.45, 7) is 12.6. The Bertz CT molecular complexity index is 678. The summed E-state index contributed by atoms with van der Waals surface area (Å²) in [6.07, 6.45) is 2.25. The van der Waals surface area contributed by atoms with Gasteiger partial charge in [0.15, 0.2) is 5.96 Å². The van der Waals surface area contributed by atoms with Crippen molar-refractivity contribution in [2.24, 2.45) is 10.9 Å². The maximum absolute atomic E-state index is 5.74. The number of likely N-dealkylation sites (N-methyl/N-ethyl adjacent to an activating group) is 1. The van der Waals surface area contributed by atoms with Crippen LogP contribution in [0.5, 0.6) is 0 Å². The highest BCUT2D eigenvalue weighted by molar-refractivity contribution is 14.0. The van der Waals surface area contributed by atoms with Gasteiger partial charge in [-0.25, -0.2) is 0 Å². The maximum atomic E-state index is 5.74. The zero-order valence-corrected chi connectivity index (χ0v) is 23.1. The molecule has 33 heavy (non-hydrogen) atoms. The first-order valence-corrected chi connectivity index (χ1v) is 12.3. The number of nitrogens with zero attached hydrogens (tertiary/aromatic N) is 4. The van der Waals surface area contributed by atoms with Crippen LogP contribution >= 0.6 is 24.0 Å². The summed E-state index contributed by atoms with van der Waals surface area (Å²) in [4.78, 5) is 12.5. The number of ether oxygens (including phenoxy) is 2. The lowest BCUT2D eigenvalue weighted by molar-refractivity contribution is 0.0536. The molecule has 0 spiro atoms. The lowest BCUT2D eigenvalue weighted by Gasteiger charge is -2.40. The van der Waals surface area contributed by atoms with Gasteiger partial charge < -0.3 is 24.6 Å². The largest absolute Gasteiger partial charge is 0.382 e. The van der Waals surface area contributed by atoms with Gasteiger partial charge >= 0.3 is 0 Å². The number of halogens is 1. The van der Waals surface area contributed by atoms with Gasteiger partial charge in [-0.1, -0.05) is 30.3 Å². The lowest BCUT2D eigenvalue weighted by atomic mass is 10.0. The Morgan fingerprint density at radius 2 is 1.94 bits per heavy atom. The Morgan fingerprint density at radius 1 is 1.12 bits per heavy atom. The second kappa shape index (κ2) is 15.9. The molecule has 2 fully saturated rings. The molecule has 3 rings (SSSR count). The van der Waals surface area contributed by atoms with Crippen molar-refractivity contribution in [2.45, 2.75) is 25.8 Å². The van der Waals surface area contributed by atoms with Crippen LogP contribution in [0.25, 0.3) is 0 Å². The highest BCUT2D eigenvalue weighted by atomic mass is 127. The van der Waals surface area contributed by atoms with Crippen molar-refractivity contribution in [3.63, 3.8) is 0 Å².